The molecule has 0 saturated carbocycles. The Balaban J connectivity index is 0.00000385. The summed E-state index contributed by atoms with van der Waals surface area (Å²) in [7, 11) is -3.08. The number of carbonyl (C=O) groups excluding carboxylic acids is 1. The van der Waals surface area contributed by atoms with E-state index in [0.717, 1.165) is 44.5 Å². The summed E-state index contributed by atoms with van der Waals surface area (Å²) < 4.78 is 30.2. The molecule has 1 saturated heterocycles. The number of hydrogen-bond acceptors (Lipinski definition) is 5. The smallest absolute Gasteiger partial charge is 0.291 e. The van der Waals surface area contributed by atoms with E-state index in [4.69, 9.17) is 4.42 Å². The van der Waals surface area contributed by atoms with Crippen LogP contribution in [0.25, 0.3) is 0 Å². The lowest BCUT2D eigenvalue weighted by atomic mass is 9.96. The standard InChI is InChI=1S/C24H35N3O4S.ClH/c1-4-13-26(18-21-11-14-27(15-12-21)32(3,29)30)19(2)17-20-7-9-22(10-8-20)25-24(28)23-6-5-16-31-23;/h5-10,16,19,21H,4,11-15,17-18H2,1-3H3,(H,25,28);1H. The Kier molecular flexibility index (Phi) is 10.4. The van der Waals surface area contributed by atoms with Crippen LogP contribution in [0, 0.1) is 5.92 Å². The molecule has 0 bridgehead atoms. The van der Waals surface area contributed by atoms with Gasteiger partial charge in [-0.15, -0.1) is 12.4 Å². The van der Waals surface area contributed by atoms with Gasteiger partial charge in [-0.05, 0) is 74.9 Å². The second-order valence-electron chi connectivity index (χ2n) is 8.78. The quantitative estimate of drug-likeness (QED) is 0.530. The minimum absolute atomic E-state index is 0. The zero-order valence-corrected chi connectivity index (χ0v) is 21.3. The molecule has 1 amide bonds. The van der Waals surface area contributed by atoms with Gasteiger partial charge < -0.3 is 14.6 Å². The van der Waals surface area contributed by atoms with Crippen molar-refractivity contribution in [2.24, 2.45) is 5.92 Å². The van der Waals surface area contributed by atoms with E-state index in [1.165, 1.54) is 18.1 Å². The summed E-state index contributed by atoms with van der Waals surface area (Å²) in [5, 5.41) is 2.85. The van der Waals surface area contributed by atoms with Gasteiger partial charge in [-0.3, -0.25) is 4.79 Å². The van der Waals surface area contributed by atoms with Crippen LogP contribution in [0.1, 0.15) is 49.2 Å². The first-order valence-electron chi connectivity index (χ1n) is 11.4. The van der Waals surface area contributed by atoms with Crippen molar-refractivity contribution in [3.63, 3.8) is 0 Å². The molecule has 1 aromatic carbocycles. The van der Waals surface area contributed by atoms with Gasteiger partial charge in [-0.1, -0.05) is 19.1 Å². The van der Waals surface area contributed by atoms with Crippen molar-refractivity contribution in [2.45, 2.75) is 45.6 Å². The topological polar surface area (TPSA) is 82.9 Å². The maximum Gasteiger partial charge on any atom is 0.291 e. The molecule has 184 valence electrons. The molecular formula is C24H36ClN3O4S. The third kappa shape index (κ3) is 8.14. The molecule has 1 N–H and O–H groups in total. The minimum Gasteiger partial charge on any atom is -0.459 e. The number of furan rings is 1. The Morgan fingerprint density at radius 2 is 1.88 bits per heavy atom. The molecule has 1 aliphatic heterocycles. The van der Waals surface area contributed by atoms with Crippen molar-refractivity contribution < 1.29 is 17.6 Å². The number of benzene rings is 1. The number of nitrogens with one attached hydrogen (secondary N) is 1. The molecule has 0 radical (unpaired) electrons. The predicted molar refractivity (Wildman–Crippen MR) is 135 cm³/mol. The highest BCUT2D eigenvalue weighted by Crippen LogP contribution is 2.22. The summed E-state index contributed by atoms with van der Waals surface area (Å²) >= 11 is 0. The van der Waals surface area contributed by atoms with Crippen LogP contribution in [0.5, 0.6) is 0 Å². The van der Waals surface area contributed by atoms with Crippen LogP contribution in [-0.4, -0.2) is 62.0 Å². The zero-order valence-electron chi connectivity index (χ0n) is 19.7. The molecule has 0 spiro atoms. The number of carbonyl (C=O) groups is 1. The average molecular weight is 498 g/mol. The number of anilines is 1. The molecular weight excluding hydrogens is 462 g/mol. The summed E-state index contributed by atoms with van der Waals surface area (Å²) in [5.74, 6) is 0.564. The van der Waals surface area contributed by atoms with Crippen LogP contribution < -0.4 is 5.32 Å². The lowest BCUT2D eigenvalue weighted by Crippen LogP contribution is -2.44. The van der Waals surface area contributed by atoms with Crippen molar-refractivity contribution in [3.05, 3.63) is 54.0 Å². The third-order valence-corrected chi connectivity index (χ3v) is 7.46. The second-order valence-corrected chi connectivity index (χ2v) is 10.8. The summed E-state index contributed by atoms with van der Waals surface area (Å²) in [6, 6.07) is 11.7. The van der Waals surface area contributed by atoms with Crippen molar-refractivity contribution in [3.8, 4) is 0 Å². The third-order valence-electron chi connectivity index (χ3n) is 6.16. The Hall–Kier alpha value is -1.87. The van der Waals surface area contributed by atoms with Crippen LogP contribution in [0.15, 0.2) is 47.1 Å². The number of amides is 1. The van der Waals surface area contributed by atoms with E-state index in [2.05, 4.69) is 36.2 Å². The Bertz CT molecular complexity index is 956. The number of piperidine rings is 1. The lowest BCUT2D eigenvalue weighted by Gasteiger charge is -2.36. The van der Waals surface area contributed by atoms with Crippen molar-refractivity contribution in [1.82, 2.24) is 9.21 Å². The van der Waals surface area contributed by atoms with Crippen LogP contribution in [0.3, 0.4) is 0 Å². The molecule has 0 aliphatic carbocycles. The van der Waals surface area contributed by atoms with Crippen LogP contribution in [-0.2, 0) is 16.4 Å². The average Bonchev–Trinajstić information content (AvgIpc) is 3.30. The van der Waals surface area contributed by atoms with E-state index >= 15 is 0 Å². The first-order chi connectivity index (χ1) is 15.3. The molecule has 7 nitrogen and oxygen atoms in total. The van der Waals surface area contributed by atoms with Crippen molar-refractivity contribution >= 4 is 34.0 Å². The fourth-order valence-electron chi connectivity index (χ4n) is 4.33. The molecule has 9 heteroatoms. The molecule has 1 unspecified atom stereocenters. The molecule has 2 aromatic rings. The molecule has 2 heterocycles. The molecule has 1 fully saturated rings. The van der Waals surface area contributed by atoms with Gasteiger partial charge in [0.15, 0.2) is 5.76 Å². The van der Waals surface area contributed by atoms with Crippen molar-refractivity contribution in [2.75, 3.05) is 37.8 Å². The van der Waals surface area contributed by atoms with E-state index in [9.17, 15) is 13.2 Å². The van der Waals surface area contributed by atoms with Gasteiger partial charge in [0.05, 0.1) is 12.5 Å². The number of nitrogens with zero attached hydrogens (tertiary/aromatic N) is 2. The fraction of sp³-hybridized carbons (Fsp3) is 0.542. The van der Waals surface area contributed by atoms with Gasteiger partial charge in [0.25, 0.3) is 5.91 Å². The van der Waals surface area contributed by atoms with E-state index in [1.54, 1.807) is 16.4 Å². The lowest BCUT2D eigenvalue weighted by molar-refractivity contribution is 0.0996. The molecule has 1 aromatic heterocycles. The van der Waals surface area contributed by atoms with Gasteiger partial charge in [0, 0.05) is 31.4 Å². The van der Waals surface area contributed by atoms with Gasteiger partial charge >= 0.3 is 0 Å². The van der Waals surface area contributed by atoms with E-state index in [1.807, 2.05) is 12.1 Å². The summed E-state index contributed by atoms with van der Waals surface area (Å²) in [5.41, 5.74) is 1.97. The normalized spacial score (nSPS) is 16.4. The van der Waals surface area contributed by atoms with Crippen LogP contribution in [0.2, 0.25) is 0 Å². The first kappa shape index (κ1) is 27.4. The summed E-state index contributed by atoms with van der Waals surface area (Å²) in [6.07, 6.45) is 6.63. The predicted octanol–water partition coefficient (Wildman–Crippen LogP) is 4.27. The van der Waals surface area contributed by atoms with Gasteiger partial charge in [-0.25, -0.2) is 12.7 Å². The Labute approximate surface area is 204 Å². The zero-order chi connectivity index (χ0) is 23.1. The van der Waals surface area contributed by atoms with Gasteiger partial charge in [0.1, 0.15) is 0 Å². The number of halogens is 1. The highest BCUT2D eigenvalue weighted by atomic mass is 35.5. The van der Waals surface area contributed by atoms with E-state index < -0.39 is 10.0 Å². The monoisotopic (exact) mass is 497 g/mol. The number of sulfonamides is 1. The Morgan fingerprint density at radius 1 is 1.21 bits per heavy atom. The largest absolute Gasteiger partial charge is 0.459 e. The SMILES string of the molecule is CCCN(CC1CCN(S(C)(=O)=O)CC1)C(C)Cc1ccc(NC(=O)c2ccco2)cc1.Cl. The van der Waals surface area contributed by atoms with Gasteiger partial charge in [-0.2, -0.15) is 0 Å². The molecule has 33 heavy (non-hydrogen) atoms. The highest BCUT2D eigenvalue weighted by molar-refractivity contribution is 7.88. The fourth-order valence-corrected chi connectivity index (χ4v) is 5.20. The number of rotatable bonds is 10. The van der Waals surface area contributed by atoms with E-state index in [0.29, 0.717) is 30.8 Å². The van der Waals surface area contributed by atoms with Gasteiger partial charge in [0.2, 0.25) is 10.0 Å². The Morgan fingerprint density at radius 3 is 2.42 bits per heavy atom. The molecule has 1 aliphatic rings. The van der Waals surface area contributed by atoms with Crippen molar-refractivity contribution in [1.29, 1.82) is 0 Å². The molecule has 3 rings (SSSR count). The summed E-state index contributed by atoms with van der Waals surface area (Å²) in [4.78, 5) is 14.7. The second kappa shape index (κ2) is 12.6. The maximum absolute atomic E-state index is 12.1. The maximum atomic E-state index is 12.1. The van der Waals surface area contributed by atoms with Crippen LogP contribution in [0.4, 0.5) is 5.69 Å². The summed E-state index contributed by atoms with van der Waals surface area (Å²) in [6.45, 7) is 7.75. The highest BCUT2D eigenvalue weighted by Gasteiger charge is 2.27. The van der Waals surface area contributed by atoms with Crippen LogP contribution >= 0.6 is 12.4 Å². The van der Waals surface area contributed by atoms with E-state index in [-0.39, 0.29) is 18.3 Å². The molecule has 1 atom stereocenters. The first-order valence-corrected chi connectivity index (χ1v) is 13.2. The minimum atomic E-state index is -3.08. The number of hydrogen-bond donors (Lipinski definition) is 1.